The molecule has 0 aliphatic heterocycles. The number of hydrogen-bond acceptors (Lipinski definition) is 4. The molecule has 3 nitrogen and oxygen atoms in total. The van der Waals surface area contributed by atoms with Crippen molar-refractivity contribution in [3.8, 4) is 0 Å². The van der Waals surface area contributed by atoms with Gasteiger partial charge in [0.25, 0.3) is 0 Å². The van der Waals surface area contributed by atoms with Crippen LogP contribution in [-0.4, -0.2) is 9.97 Å². The van der Waals surface area contributed by atoms with Gasteiger partial charge in [0.1, 0.15) is 0 Å². The number of pyridine rings is 1. The lowest BCUT2D eigenvalue weighted by Gasteiger charge is -2.07. The predicted molar refractivity (Wildman–Crippen MR) is 57.0 cm³/mol. The number of nitrogens with two attached hydrogens (primary N) is 1. The molecule has 0 amide bonds. The molecule has 0 aliphatic carbocycles. The van der Waals surface area contributed by atoms with Crippen molar-refractivity contribution in [3.63, 3.8) is 0 Å². The van der Waals surface area contributed by atoms with Crippen molar-refractivity contribution >= 4 is 11.3 Å². The molecular weight excluding hydrogens is 194 g/mol. The van der Waals surface area contributed by atoms with E-state index in [0.29, 0.717) is 0 Å². The Hall–Kier alpha value is -1.26. The summed E-state index contributed by atoms with van der Waals surface area (Å²) in [4.78, 5) is 8.40. The fourth-order valence-electron chi connectivity index (χ4n) is 1.25. The van der Waals surface area contributed by atoms with Crippen LogP contribution in [0.3, 0.4) is 0 Å². The molecule has 0 radical (unpaired) electrons. The summed E-state index contributed by atoms with van der Waals surface area (Å²) < 4.78 is 0. The van der Waals surface area contributed by atoms with Gasteiger partial charge in [-0.25, -0.2) is 4.98 Å². The van der Waals surface area contributed by atoms with Crippen molar-refractivity contribution in [2.75, 3.05) is 0 Å². The van der Waals surface area contributed by atoms with Gasteiger partial charge in [0, 0.05) is 23.7 Å². The van der Waals surface area contributed by atoms with Gasteiger partial charge in [-0.15, -0.1) is 11.3 Å². The molecule has 1 unspecified atom stereocenters. The molecule has 0 aliphatic rings. The van der Waals surface area contributed by atoms with E-state index in [1.54, 1.807) is 23.0 Å². The van der Waals surface area contributed by atoms with Crippen LogP contribution in [0.25, 0.3) is 0 Å². The smallest absolute Gasteiger partial charge is 0.0795 e. The first-order valence-electron chi connectivity index (χ1n) is 4.40. The van der Waals surface area contributed by atoms with Gasteiger partial charge in [-0.05, 0) is 12.1 Å². The zero-order chi connectivity index (χ0) is 9.80. The second-order valence-electron chi connectivity index (χ2n) is 3.05. The molecule has 2 heterocycles. The molecular formula is C10H11N3S. The highest BCUT2D eigenvalue weighted by molar-refractivity contribution is 7.07. The summed E-state index contributed by atoms with van der Waals surface area (Å²) >= 11 is 1.57. The Labute approximate surface area is 86.6 Å². The molecule has 0 fully saturated rings. The van der Waals surface area contributed by atoms with E-state index in [9.17, 15) is 0 Å². The van der Waals surface area contributed by atoms with Crippen molar-refractivity contribution in [1.82, 2.24) is 9.97 Å². The van der Waals surface area contributed by atoms with Gasteiger partial charge in [-0.2, -0.15) is 0 Å². The van der Waals surface area contributed by atoms with Crippen LogP contribution in [0.2, 0.25) is 0 Å². The summed E-state index contributed by atoms with van der Waals surface area (Å²) in [5, 5.41) is 1.98. The molecule has 0 saturated carbocycles. The van der Waals surface area contributed by atoms with E-state index in [2.05, 4.69) is 9.97 Å². The van der Waals surface area contributed by atoms with Crippen LogP contribution in [0.1, 0.15) is 17.4 Å². The molecule has 1 atom stereocenters. The fraction of sp³-hybridized carbons (Fsp3) is 0.200. The monoisotopic (exact) mass is 205 g/mol. The van der Waals surface area contributed by atoms with Crippen LogP contribution in [-0.2, 0) is 6.42 Å². The normalized spacial score (nSPS) is 12.6. The minimum atomic E-state index is -0.0452. The van der Waals surface area contributed by atoms with Gasteiger partial charge < -0.3 is 5.73 Å². The predicted octanol–water partition coefficient (Wildman–Crippen LogP) is 1.78. The summed E-state index contributed by atoms with van der Waals surface area (Å²) in [6.07, 6.45) is 2.52. The molecule has 2 aromatic rings. The maximum absolute atomic E-state index is 5.98. The van der Waals surface area contributed by atoms with E-state index in [0.717, 1.165) is 17.8 Å². The Morgan fingerprint density at radius 2 is 2.29 bits per heavy atom. The molecule has 72 valence electrons. The van der Waals surface area contributed by atoms with Crippen molar-refractivity contribution < 1.29 is 0 Å². The first kappa shape index (κ1) is 9.30. The topological polar surface area (TPSA) is 51.8 Å². The third-order valence-electron chi connectivity index (χ3n) is 1.99. The van der Waals surface area contributed by atoms with E-state index < -0.39 is 0 Å². The van der Waals surface area contributed by atoms with Crippen LogP contribution < -0.4 is 5.73 Å². The van der Waals surface area contributed by atoms with Crippen LogP contribution in [0.15, 0.2) is 35.3 Å². The second kappa shape index (κ2) is 4.30. The third-order valence-corrected chi connectivity index (χ3v) is 2.59. The van der Waals surface area contributed by atoms with E-state index in [1.165, 1.54) is 0 Å². The van der Waals surface area contributed by atoms with Crippen molar-refractivity contribution in [2.24, 2.45) is 5.73 Å². The number of nitrogens with zero attached hydrogens (tertiary/aromatic N) is 2. The van der Waals surface area contributed by atoms with Gasteiger partial charge in [-0.1, -0.05) is 6.07 Å². The quantitative estimate of drug-likeness (QED) is 0.831. The summed E-state index contributed by atoms with van der Waals surface area (Å²) in [7, 11) is 0. The van der Waals surface area contributed by atoms with Gasteiger partial charge in [0.05, 0.1) is 17.2 Å². The second-order valence-corrected chi connectivity index (χ2v) is 3.76. The highest BCUT2D eigenvalue weighted by Gasteiger charge is 2.08. The SMILES string of the molecule is NC(Cc1ccccn1)c1cscn1. The Balaban J connectivity index is 2.06. The summed E-state index contributed by atoms with van der Waals surface area (Å²) in [5.41, 5.74) is 9.73. The highest BCUT2D eigenvalue weighted by atomic mass is 32.1. The maximum atomic E-state index is 5.98. The standard InChI is InChI=1S/C10H11N3S/c11-9(10-6-14-7-13-10)5-8-3-1-2-4-12-8/h1-4,6-7,9H,5,11H2. The minimum absolute atomic E-state index is 0.0452. The lowest BCUT2D eigenvalue weighted by molar-refractivity contribution is 0.688. The Morgan fingerprint density at radius 3 is 2.93 bits per heavy atom. The average Bonchev–Trinajstić information content (AvgIpc) is 2.72. The number of hydrogen-bond donors (Lipinski definition) is 1. The van der Waals surface area contributed by atoms with Crippen molar-refractivity contribution in [1.29, 1.82) is 0 Å². The van der Waals surface area contributed by atoms with Gasteiger partial charge in [-0.3, -0.25) is 4.98 Å². The van der Waals surface area contributed by atoms with Gasteiger partial charge in [0.15, 0.2) is 0 Å². The van der Waals surface area contributed by atoms with E-state index in [4.69, 9.17) is 5.73 Å². The first-order valence-corrected chi connectivity index (χ1v) is 5.34. The van der Waals surface area contributed by atoms with Gasteiger partial charge >= 0.3 is 0 Å². The molecule has 0 spiro atoms. The van der Waals surface area contributed by atoms with Crippen LogP contribution in [0.4, 0.5) is 0 Å². The lowest BCUT2D eigenvalue weighted by Crippen LogP contribution is -2.14. The average molecular weight is 205 g/mol. The molecule has 2 N–H and O–H groups in total. The Morgan fingerprint density at radius 1 is 1.36 bits per heavy atom. The molecule has 0 bridgehead atoms. The number of rotatable bonds is 3. The number of aromatic nitrogens is 2. The number of thiazole rings is 1. The third kappa shape index (κ3) is 2.16. The van der Waals surface area contributed by atoms with E-state index >= 15 is 0 Å². The summed E-state index contributed by atoms with van der Waals surface area (Å²) in [6.45, 7) is 0. The molecule has 4 heteroatoms. The first-order chi connectivity index (χ1) is 6.86. The van der Waals surface area contributed by atoms with Crippen LogP contribution in [0, 0.1) is 0 Å². The van der Waals surface area contributed by atoms with Crippen LogP contribution in [0.5, 0.6) is 0 Å². The minimum Gasteiger partial charge on any atom is -0.322 e. The lowest BCUT2D eigenvalue weighted by atomic mass is 10.1. The Kier molecular flexibility index (Phi) is 2.86. The Bertz CT molecular complexity index is 372. The molecule has 2 rings (SSSR count). The van der Waals surface area contributed by atoms with Crippen molar-refractivity contribution in [2.45, 2.75) is 12.5 Å². The van der Waals surface area contributed by atoms with Crippen molar-refractivity contribution in [3.05, 3.63) is 46.7 Å². The summed E-state index contributed by atoms with van der Waals surface area (Å²) in [6, 6.07) is 5.80. The fourth-order valence-corrected chi connectivity index (χ4v) is 1.87. The zero-order valence-electron chi connectivity index (χ0n) is 7.63. The maximum Gasteiger partial charge on any atom is 0.0795 e. The molecule has 0 saturated heterocycles. The molecule has 14 heavy (non-hydrogen) atoms. The zero-order valence-corrected chi connectivity index (χ0v) is 8.45. The van der Waals surface area contributed by atoms with E-state index in [-0.39, 0.29) is 6.04 Å². The van der Waals surface area contributed by atoms with Crippen LogP contribution >= 0.6 is 11.3 Å². The highest BCUT2D eigenvalue weighted by Crippen LogP contribution is 2.14. The van der Waals surface area contributed by atoms with Gasteiger partial charge in [0.2, 0.25) is 0 Å². The van der Waals surface area contributed by atoms with E-state index in [1.807, 2.05) is 23.6 Å². The largest absolute Gasteiger partial charge is 0.322 e. The molecule has 2 aromatic heterocycles. The molecule has 0 aromatic carbocycles. The summed E-state index contributed by atoms with van der Waals surface area (Å²) in [5.74, 6) is 0.